The van der Waals surface area contributed by atoms with E-state index in [2.05, 4.69) is 24.5 Å². The van der Waals surface area contributed by atoms with Crippen LogP contribution in [-0.2, 0) is 4.79 Å². The van der Waals surface area contributed by atoms with E-state index in [9.17, 15) is 4.79 Å². The van der Waals surface area contributed by atoms with E-state index in [1.807, 2.05) is 7.05 Å². The lowest BCUT2D eigenvalue weighted by Crippen LogP contribution is -2.49. The molecule has 16 heavy (non-hydrogen) atoms. The van der Waals surface area contributed by atoms with Crippen LogP contribution in [0.3, 0.4) is 0 Å². The van der Waals surface area contributed by atoms with Gasteiger partial charge in [0.1, 0.15) is 0 Å². The molecule has 0 aliphatic heterocycles. The Hall–Kier alpha value is -0.570. The molecular formula is C13H26N2O. The first-order valence-corrected chi connectivity index (χ1v) is 6.66. The van der Waals surface area contributed by atoms with Crippen molar-refractivity contribution in [1.82, 2.24) is 10.6 Å². The van der Waals surface area contributed by atoms with Gasteiger partial charge < -0.3 is 10.6 Å². The van der Waals surface area contributed by atoms with Crippen LogP contribution in [0.1, 0.15) is 52.4 Å². The molecule has 0 aromatic carbocycles. The Morgan fingerprint density at radius 1 is 1.38 bits per heavy atom. The molecule has 94 valence electrons. The SMILES string of the molecule is CCCC(C)C(NC)C(=O)NC1CCCC1. The van der Waals surface area contributed by atoms with Gasteiger partial charge in [-0.2, -0.15) is 0 Å². The van der Waals surface area contributed by atoms with Crippen molar-refractivity contribution in [2.24, 2.45) is 5.92 Å². The van der Waals surface area contributed by atoms with Crippen molar-refractivity contribution in [2.45, 2.75) is 64.5 Å². The molecule has 1 rings (SSSR count). The van der Waals surface area contributed by atoms with Gasteiger partial charge in [0.05, 0.1) is 6.04 Å². The average Bonchev–Trinajstić information content (AvgIpc) is 2.71. The van der Waals surface area contributed by atoms with E-state index in [4.69, 9.17) is 0 Å². The molecule has 2 atom stereocenters. The summed E-state index contributed by atoms with van der Waals surface area (Å²) in [4.78, 5) is 12.1. The summed E-state index contributed by atoms with van der Waals surface area (Å²) in [6, 6.07) is 0.401. The number of carbonyl (C=O) groups is 1. The van der Waals surface area contributed by atoms with Crippen LogP contribution in [0, 0.1) is 5.92 Å². The van der Waals surface area contributed by atoms with Gasteiger partial charge in [-0.25, -0.2) is 0 Å². The summed E-state index contributed by atoms with van der Waals surface area (Å²) in [5, 5.41) is 6.32. The second kappa shape index (κ2) is 6.89. The zero-order valence-corrected chi connectivity index (χ0v) is 10.9. The molecular weight excluding hydrogens is 200 g/mol. The lowest BCUT2D eigenvalue weighted by molar-refractivity contribution is -0.124. The first kappa shape index (κ1) is 13.5. The van der Waals surface area contributed by atoms with Gasteiger partial charge in [-0.05, 0) is 32.2 Å². The number of hydrogen-bond donors (Lipinski definition) is 2. The maximum atomic E-state index is 12.1. The molecule has 0 aromatic heterocycles. The van der Waals surface area contributed by atoms with E-state index >= 15 is 0 Å². The van der Waals surface area contributed by atoms with Crippen molar-refractivity contribution in [3.05, 3.63) is 0 Å². The number of amides is 1. The van der Waals surface area contributed by atoms with Crippen molar-refractivity contribution in [2.75, 3.05) is 7.05 Å². The average molecular weight is 226 g/mol. The highest BCUT2D eigenvalue weighted by Gasteiger charge is 2.25. The second-order valence-corrected chi connectivity index (χ2v) is 5.02. The predicted octanol–water partition coefficient (Wildman–Crippen LogP) is 2.07. The number of likely N-dealkylation sites (N-methyl/N-ethyl adjacent to an activating group) is 1. The van der Waals surface area contributed by atoms with Gasteiger partial charge in [-0.15, -0.1) is 0 Å². The van der Waals surface area contributed by atoms with Crippen molar-refractivity contribution >= 4 is 5.91 Å². The molecule has 1 amide bonds. The first-order valence-electron chi connectivity index (χ1n) is 6.66. The van der Waals surface area contributed by atoms with Crippen molar-refractivity contribution in [3.8, 4) is 0 Å². The Labute approximate surface area is 99.4 Å². The van der Waals surface area contributed by atoms with Gasteiger partial charge in [0.15, 0.2) is 0 Å². The Morgan fingerprint density at radius 3 is 2.50 bits per heavy atom. The molecule has 1 saturated carbocycles. The summed E-state index contributed by atoms with van der Waals surface area (Å²) in [6.45, 7) is 4.32. The molecule has 3 heteroatoms. The van der Waals surface area contributed by atoms with Crippen molar-refractivity contribution < 1.29 is 4.79 Å². The molecule has 0 aromatic rings. The van der Waals surface area contributed by atoms with Gasteiger partial charge >= 0.3 is 0 Å². The molecule has 0 radical (unpaired) electrons. The summed E-state index contributed by atoms with van der Waals surface area (Å²) >= 11 is 0. The molecule has 1 aliphatic carbocycles. The third-order valence-corrected chi connectivity index (χ3v) is 3.61. The predicted molar refractivity (Wildman–Crippen MR) is 67.3 cm³/mol. The quantitative estimate of drug-likeness (QED) is 0.728. The van der Waals surface area contributed by atoms with E-state index in [0.29, 0.717) is 12.0 Å². The smallest absolute Gasteiger partial charge is 0.237 e. The number of rotatable bonds is 6. The minimum Gasteiger partial charge on any atom is -0.352 e. The van der Waals surface area contributed by atoms with Gasteiger partial charge in [0.25, 0.3) is 0 Å². The maximum Gasteiger partial charge on any atom is 0.237 e. The van der Waals surface area contributed by atoms with Crippen LogP contribution in [-0.4, -0.2) is 25.0 Å². The summed E-state index contributed by atoms with van der Waals surface area (Å²) in [5.74, 6) is 0.603. The Bertz CT molecular complexity index is 212. The van der Waals surface area contributed by atoms with Crippen LogP contribution in [0.4, 0.5) is 0 Å². The van der Waals surface area contributed by atoms with Gasteiger partial charge in [0, 0.05) is 6.04 Å². The second-order valence-electron chi connectivity index (χ2n) is 5.02. The number of nitrogens with one attached hydrogen (secondary N) is 2. The summed E-state index contributed by atoms with van der Waals surface area (Å²) in [7, 11) is 1.88. The lowest BCUT2D eigenvalue weighted by atomic mass is 9.96. The topological polar surface area (TPSA) is 41.1 Å². The third-order valence-electron chi connectivity index (χ3n) is 3.61. The molecule has 3 nitrogen and oxygen atoms in total. The molecule has 2 N–H and O–H groups in total. The summed E-state index contributed by atoms with van der Waals surface area (Å²) in [6.07, 6.45) is 7.08. The van der Waals surface area contributed by atoms with Crippen LogP contribution in [0.15, 0.2) is 0 Å². The molecule has 2 unspecified atom stereocenters. The molecule has 0 heterocycles. The van der Waals surface area contributed by atoms with Crippen LogP contribution in [0.5, 0.6) is 0 Å². The molecule has 1 aliphatic rings. The van der Waals surface area contributed by atoms with E-state index in [0.717, 1.165) is 25.7 Å². The standard InChI is InChI=1S/C13H26N2O/c1-4-7-10(2)12(14-3)13(16)15-11-8-5-6-9-11/h10-12,14H,4-9H2,1-3H3,(H,15,16). The Morgan fingerprint density at radius 2 is 2.00 bits per heavy atom. The Balaban J connectivity index is 2.41. The van der Waals surface area contributed by atoms with E-state index in [-0.39, 0.29) is 11.9 Å². The zero-order chi connectivity index (χ0) is 12.0. The van der Waals surface area contributed by atoms with Gasteiger partial charge in [0.2, 0.25) is 5.91 Å². The maximum absolute atomic E-state index is 12.1. The fourth-order valence-electron chi connectivity index (χ4n) is 2.66. The van der Waals surface area contributed by atoms with Gasteiger partial charge in [-0.1, -0.05) is 33.1 Å². The van der Waals surface area contributed by atoms with Crippen molar-refractivity contribution in [3.63, 3.8) is 0 Å². The van der Waals surface area contributed by atoms with Crippen LogP contribution in [0.2, 0.25) is 0 Å². The monoisotopic (exact) mass is 226 g/mol. The van der Waals surface area contributed by atoms with E-state index in [1.165, 1.54) is 12.8 Å². The molecule has 0 bridgehead atoms. The van der Waals surface area contributed by atoms with Crippen molar-refractivity contribution in [1.29, 1.82) is 0 Å². The number of carbonyl (C=O) groups excluding carboxylic acids is 1. The zero-order valence-electron chi connectivity index (χ0n) is 10.9. The minimum atomic E-state index is -0.0273. The third kappa shape index (κ3) is 3.78. The first-order chi connectivity index (χ1) is 7.69. The summed E-state index contributed by atoms with van der Waals surface area (Å²) in [5.41, 5.74) is 0. The highest BCUT2D eigenvalue weighted by atomic mass is 16.2. The normalized spacial score (nSPS) is 20.7. The fourth-order valence-corrected chi connectivity index (χ4v) is 2.66. The lowest BCUT2D eigenvalue weighted by Gasteiger charge is -2.24. The molecule has 0 spiro atoms. The highest BCUT2D eigenvalue weighted by molar-refractivity contribution is 5.82. The van der Waals surface area contributed by atoms with E-state index in [1.54, 1.807) is 0 Å². The molecule has 0 saturated heterocycles. The number of hydrogen-bond acceptors (Lipinski definition) is 2. The van der Waals surface area contributed by atoms with E-state index < -0.39 is 0 Å². The highest BCUT2D eigenvalue weighted by Crippen LogP contribution is 2.18. The van der Waals surface area contributed by atoms with Crippen LogP contribution in [0.25, 0.3) is 0 Å². The fraction of sp³-hybridized carbons (Fsp3) is 0.923. The largest absolute Gasteiger partial charge is 0.352 e. The minimum absolute atomic E-state index is 0.0273. The van der Waals surface area contributed by atoms with Gasteiger partial charge in [-0.3, -0.25) is 4.79 Å². The Kier molecular flexibility index (Phi) is 5.81. The summed E-state index contributed by atoms with van der Waals surface area (Å²) < 4.78 is 0. The van der Waals surface area contributed by atoms with Crippen LogP contribution >= 0.6 is 0 Å². The van der Waals surface area contributed by atoms with Crippen LogP contribution < -0.4 is 10.6 Å². The molecule has 1 fully saturated rings.